The van der Waals surface area contributed by atoms with Crippen LogP contribution in [0.25, 0.3) is 0 Å². The van der Waals surface area contributed by atoms with Crippen LogP contribution in [0.4, 0.5) is 5.69 Å². The Hall–Kier alpha value is -2.29. The predicted molar refractivity (Wildman–Crippen MR) is 83.7 cm³/mol. The van der Waals surface area contributed by atoms with Crippen LogP contribution in [-0.4, -0.2) is 5.78 Å². The van der Waals surface area contributed by atoms with Gasteiger partial charge in [-0.2, -0.15) is 0 Å². The second-order valence-electron chi connectivity index (χ2n) is 5.79. The van der Waals surface area contributed by atoms with Gasteiger partial charge in [0.2, 0.25) is 0 Å². The summed E-state index contributed by atoms with van der Waals surface area (Å²) in [6, 6.07) is 13.6. The monoisotopic (exact) mass is 281 g/mol. The highest BCUT2D eigenvalue weighted by atomic mass is 16.5. The Labute approximate surface area is 124 Å². The first-order valence-electron chi connectivity index (χ1n) is 7.24. The molecule has 0 aromatic heterocycles. The molecule has 1 atom stereocenters. The van der Waals surface area contributed by atoms with Gasteiger partial charge in [0, 0.05) is 0 Å². The molecule has 1 unspecified atom stereocenters. The molecule has 0 saturated heterocycles. The van der Waals surface area contributed by atoms with Gasteiger partial charge in [-0.3, -0.25) is 4.79 Å². The molecule has 0 radical (unpaired) electrons. The fourth-order valence-electron chi connectivity index (χ4n) is 2.66. The smallest absolute Gasteiger partial charge is 0.170 e. The van der Waals surface area contributed by atoms with Crippen LogP contribution >= 0.6 is 0 Å². The van der Waals surface area contributed by atoms with E-state index in [9.17, 15) is 4.79 Å². The summed E-state index contributed by atoms with van der Waals surface area (Å²) < 4.78 is 6.01. The molecule has 3 heteroatoms. The first kappa shape index (κ1) is 13.7. The molecule has 0 fully saturated rings. The standard InChI is InChI=1S/C18H19NO2/c1-11(2)13-8-14-16(20)10-17(12-6-4-3-5-7-12)21-18(14)15(19)9-13/h3-9,11,17H,10,19H2,1-2H3. The van der Waals surface area contributed by atoms with Crippen LogP contribution in [0, 0.1) is 0 Å². The Morgan fingerprint density at radius 2 is 1.90 bits per heavy atom. The van der Waals surface area contributed by atoms with Gasteiger partial charge in [-0.25, -0.2) is 0 Å². The van der Waals surface area contributed by atoms with Gasteiger partial charge in [0.15, 0.2) is 11.5 Å². The molecule has 108 valence electrons. The van der Waals surface area contributed by atoms with Crippen LogP contribution < -0.4 is 10.5 Å². The first-order chi connectivity index (χ1) is 10.1. The molecule has 3 nitrogen and oxygen atoms in total. The number of rotatable bonds is 2. The Bertz CT molecular complexity index is 677. The lowest BCUT2D eigenvalue weighted by Crippen LogP contribution is -2.21. The fraction of sp³-hybridized carbons (Fsp3) is 0.278. The number of hydrogen-bond donors (Lipinski definition) is 1. The normalized spacial score (nSPS) is 17.5. The molecule has 0 amide bonds. The minimum absolute atomic E-state index is 0.0966. The molecule has 1 aliphatic rings. The van der Waals surface area contributed by atoms with E-state index < -0.39 is 0 Å². The molecule has 0 bridgehead atoms. The van der Waals surface area contributed by atoms with Crippen LogP contribution in [-0.2, 0) is 0 Å². The molecule has 0 aliphatic carbocycles. The van der Waals surface area contributed by atoms with Crippen molar-refractivity contribution in [3.05, 3.63) is 59.2 Å². The molecule has 0 spiro atoms. The maximum Gasteiger partial charge on any atom is 0.170 e. The Morgan fingerprint density at radius 3 is 2.57 bits per heavy atom. The van der Waals surface area contributed by atoms with Crippen molar-refractivity contribution in [3.63, 3.8) is 0 Å². The number of ketones is 1. The van der Waals surface area contributed by atoms with Crippen LogP contribution in [0.2, 0.25) is 0 Å². The van der Waals surface area contributed by atoms with Crippen molar-refractivity contribution in [2.45, 2.75) is 32.3 Å². The molecule has 21 heavy (non-hydrogen) atoms. The highest BCUT2D eigenvalue weighted by Crippen LogP contribution is 2.40. The van der Waals surface area contributed by atoms with E-state index in [1.807, 2.05) is 42.5 Å². The number of benzene rings is 2. The summed E-state index contributed by atoms with van der Waals surface area (Å²) in [7, 11) is 0. The summed E-state index contributed by atoms with van der Waals surface area (Å²) in [5.74, 6) is 0.959. The van der Waals surface area contributed by atoms with Gasteiger partial charge < -0.3 is 10.5 Å². The molecule has 2 N–H and O–H groups in total. The summed E-state index contributed by atoms with van der Waals surface area (Å²) >= 11 is 0. The maximum atomic E-state index is 12.5. The third kappa shape index (κ3) is 2.51. The summed E-state index contributed by atoms with van der Waals surface area (Å²) in [6.07, 6.45) is 0.108. The molecule has 1 heterocycles. The van der Waals surface area contributed by atoms with Crippen molar-refractivity contribution in [1.29, 1.82) is 0 Å². The highest BCUT2D eigenvalue weighted by molar-refractivity contribution is 6.02. The topological polar surface area (TPSA) is 52.3 Å². The number of carbonyl (C=O) groups is 1. The lowest BCUT2D eigenvalue weighted by molar-refractivity contribution is 0.0851. The third-order valence-corrected chi connectivity index (χ3v) is 3.91. The van der Waals surface area contributed by atoms with Crippen molar-refractivity contribution < 1.29 is 9.53 Å². The van der Waals surface area contributed by atoms with Crippen LogP contribution in [0.1, 0.15) is 53.8 Å². The van der Waals surface area contributed by atoms with E-state index in [1.54, 1.807) is 0 Å². The number of ether oxygens (including phenoxy) is 1. The van der Waals surface area contributed by atoms with Gasteiger partial charge >= 0.3 is 0 Å². The maximum absolute atomic E-state index is 12.5. The zero-order chi connectivity index (χ0) is 15.0. The minimum Gasteiger partial charge on any atom is -0.482 e. The van der Waals surface area contributed by atoms with E-state index in [-0.39, 0.29) is 11.9 Å². The lowest BCUT2D eigenvalue weighted by atomic mass is 9.92. The van der Waals surface area contributed by atoms with E-state index in [1.165, 1.54) is 0 Å². The van der Waals surface area contributed by atoms with Gasteiger partial charge in [-0.15, -0.1) is 0 Å². The van der Waals surface area contributed by atoms with Crippen molar-refractivity contribution in [3.8, 4) is 5.75 Å². The van der Waals surface area contributed by atoms with Gasteiger partial charge in [-0.1, -0.05) is 44.2 Å². The Balaban J connectivity index is 2.01. The molecule has 1 aliphatic heterocycles. The third-order valence-electron chi connectivity index (χ3n) is 3.91. The average molecular weight is 281 g/mol. The number of nitrogens with two attached hydrogens (primary N) is 1. The van der Waals surface area contributed by atoms with Crippen LogP contribution in [0.5, 0.6) is 5.75 Å². The fourth-order valence-corrected chi connectivity index (χ4v) is 2.66. The van der Waals surface area contributed by atoms with Crippen molar-refractivity contribution in [2.24, 2.45) is 0 Å². The van der Waals surface area contributed by atoms with Gasteiger partial charge in [0.25, 0.3) is 0 Å². The van der Waals surface area contributed by atoms with E-state index in [0.717, 1.165) is 11.1 Å². The second kappa shape index (κ2) is 5.24. The molecular formula is C18H19NO2. The molecule has 2 aromatic carbocycles. The van der Waals surface area contributed by atoms with E-state index >= 15 is 0 Å². The number of anilines is 1. The van der Waals surface area contributed by atoms with E-state index in [4.69, 9.17) is 10.5 Å². The zero-order valence-electron chi connectivity index (χ0n) is 12.3. The Morgan fingerprint density at radius 1 is 1.19 bits per heavy atom. The largest absolute Gasteiger partial charge is 0.482 e. The first-order valence-corrected chi connectivity index (χ1v) is 7.24. The van der Waals surface area contributed by atoms with Gasteiger partial charge in [-0.05, 0) is 29.2 Å². The van der Waals surface area contributed by atoms with Crippen molar-refractivity contribution >= 4 is 11.5 Å². The summed E-state index contributed by atoms with van der Waals surface area (Å²) in [6.45, 7) is 4.17. The predicted octanol–water partition coefficient (Wildman–Crippen LogP) is 4.10. The molecule has 3 rings (SSSR count). The summed E-state index contributed by atoms with van der Waals surface area (Å²) in [5.41, 5.74) is 9.34. The van der Waals surface area contributed by atoms with Gasteiger partial charge in [0.05, 0.1) is 17.7 Å². The van der Waals surface area contributed by atoms with E-state index in [0.29, 0.717) is 29.3 Å². The van der Waals surface area contributed by atoms with Crippen LogP contribution in [0.15, 0.2) is 42.5 Å². The van der Waals surface area contributed by atoms with Crippen molar-refractivity contribution in [1.82, 2.24) is 0 Å². The highest BCUT2D eigenvalue weighted by Gasteiger charge is 2.29. The number of fused-ring (bicyclic) bond motifs is 1. The van der Waals surface area contributed by atoms with Crippen molar-refractivity contribution in [2.75, 3.05) is 5.73 Å². The number of Topliss-reactive ketones (excluding diaryl/α,β-unsaturated/α-hetero) is 1. The summed E-state index contributed by atoms with van der Waals surface area (Å²) in [4.78, 5) is 12.5. The molecule has 0 saturated carbocycles. The Kier molecular flexibility index (Phi) is 3.42. The van der Waals surface area contributed by atoms with Gasteiger partial charge in [0.1, 0.15) is 6.10 Å². The quantitative estimate of drug-likeness (QED) is 0.843. The van der Waals surface area contributed by atoms with E-state index in [2.05, 4.69) is 13.8 Å². The molecule has 2 aromatic rings. The SMILES string of the molecule is CC(C)c1cc(N)c2c(c1)C(=O)CC(c1ccccc1)O2. The average Bonchev–Trinajstić information content (AvgIpc) is 2.48. The zero-order valence-corrected chi connectivity index (χ0v) is 12.3. The summed E-state index contributed by atoms with van der Waals surface area (Å²) in [5, 5.41) is 0. The van der Waals surface area contributed by atoms with Crippen LogP contribution in [0.3, 0.4) is 0 Å². The number of carbonyl (C=O) groups excluding carboxylic acids is 1. The molecular weight excluding hydrogens is 262 g/mol. The number of nitrogen functional groups attached to an aromatic ring is 1. The minimum atomic E-state index is -0.251. The number of hydrogen-bond acceptors (Lipinski definition) is 3. The second-order valence-corrected chi connectivity index (χ2v) is 5.79. The lowest BCUT2D eigenvalue weighted by Gasteiger charge is -2.27.